The van der Waals surface area contributed by atoms with Crippen LogP contribution in [0.4, 0.5) is 13.2 Å². The van der Waals surface area contributed by atoms with E-state index >= 15 is 0 Å². The third-order valence-electron chi connectivity index (χ3n) is 2.80. The molecule has 0 saturated heterocycles. The number of rotatable bonds is 4. The van der Waals surface area contributed by atoms with Crippen molar-refractivity contribution in [1.29, 1.82) is 0 Å². The predicted octanol–water partition coefficient (Wildman–Crippen LogP) is 6.80. The summed E-state index contributed by atoms with van der Waals surface area (Å²) in [5, 5.41) is 0.519. The predicted molar refractivity (Wildman–Crippen MR) is 90.5 cm³/mol. The lowest BCUT2D eigenvalue weighted by Gasteiger charge is -2.17. The van der Waals surface area contributed by atoms with Crippen molar-refractivity contribution in [2.75, 3.05) is 5.33 Å². The molecule has 0 aliphatic rings. The topological polar surface area (TPSA) is 0 Å². The molecule has 0 heterocycles. The first-order chi connectivity index (χ1) is 10.4. The molecule has 2 aromatic rings. The lowest BCUT2D eigenvalue weighted by Crippen LogP contribution is -2.13. The van der Waals surface area contributed by atoms with Gasteiger partial charge in [0.2, 0.25) is 0 Å². The minimum atomic E-state index is -4.45. The van der Waals surface area contributed by atoms with Gasteiger partial charge < -0.3 is 0 Å². The Bertz CT molecular complexity index is 651. The highest BCUT2D eigenvalue weighted by Gasteiger charge is 2.37. The summed E-state index contributed by atoms with van der Waals surface area (Å²) in [6, 6.07) is 14.7. The Morgan fingerprint density at radius 1 is 1.00 bits per heavy atom. The van der Waals surface area contributed by atoms with Gasteiger partial charge in [0.25, 0.3) is 0 Å². The van der Waals surface area contributed by atoms with Crippen LogP contribution in [0.15, 0.2) is 64.4 Å². The highest BCUT2D eigenvalue weighted by Crippen LogP contribution is 2.42. The van der Waals surface area contributed by atoms with E-state index in [0.29, 0.717) is 5.02 Å². The Labute approximate surface area is 144 Å². The first-order valence-electron chi connectivity index (χ1n) is 6.27. The van der Waals surface area contributed by atoms with Gasteiger partial charge in [0.15, 0.2) is 0 Å². The van der Waals surface area contributed by atoms with E-state index in [1.165, 1.54) is 24.3 Å². The first kappa shape index (κ1) is 17.4. The molecule has 0 saturated carbocycles. The second kappa shape index (κ2) is 7.57. The Morgan fingerprint density at radius 2 is 1.59 bits per heavy atom. The Hall–Kier alpha value is -0.910. The standard InChI is InChI=1S/C16H11BrClF3S/c17-10-14(22-13-4-2-1-3-5-13)15(16(19,20)21)11-6-8-12(18)9-7-11/h1-9H,10H2/b15-14+. The molecular formula is C16H11BrClF3S. The maximum absolute atomic E-state index is 13.5. The summed E-state index contributed by atoms with van der Waals surface area (Å²) in [5.41, 5.74) is -0.537. The summed E-state index contributed by atoms with van der Waals surface area (Å²) >= 11 is 10.0. The lowest BCUT2D eigenvalue weighted by molar-refractivity contribution is -0.0691. The van der Waals surface area contributed by atoms with Gasteiger partial charge >= 0.3 is 6.18 Å². The lowest BCUT2D eigenvalue weighted by atomic mass is 10.1. The molecule has 0 amide bonds. The maximum Gasteiger partial charge on any atom is 0.417 e. The first-order valence-corrected chi connectivity index (χ1v) is 8.58. The van der Waals surface area contributed by atoms with Gasteiger partial charge in [-0.2, -0.15) is 13.2 Å². The summed E-state index contributed by atoms with van der Waals surface area (Å²) in [4.78, 5) is 0.966. The normalized spacial score (nSPS) is 13.0. The number of allylic oxidation sites excluding steroid dienone is 2. The smallest absolute Gasteiger partial charge is 0.166 e. The van der Waals surface area contributed by atoms with Gasteiger partial charge in [-0.05, 0) is 29.8 Å². The van der Waals surface area contributed by atoms with Crippen LogP contribution in [0.3, 0.4) is 0 Å². The van der Waals surface area contributed by atoms with Crippen LogP contribution < -0.4 is 0 Å². The van der Waals surface area contributed by atoms with E-state index in [4.69, 9.17) is 11.6 Å². The molecule has 2 aromatic carbocycles. The van der Waals surface area contributed by atoms with Crippen molar-refractivity contribution in [3.8, 4) is 0 Å². The fourth-order valence-electron chi connectivity index (χ4n) is 1.88. The fourth-order valence-corrected chi connectivity index (χ4v) is 3.59. The molecule has 116 valence electrons. The maximum atomic E-state index is 13.5. The minimum Gasteiger partial charge on any atom is -0.166 e. The van der Waals surface area contributed by atoms with Gasteiger partial charge in [0.05, 0.1) is 5.57 Å². The molecule has 22 heavy (non-hydrogen) atoms. The van der Waals surface area contributed by atoms with Gasteiger partial charge in [0, 0.05) is 20.2 Å². The van der Waals surface area contributed by atoms with Crippen molar-refractivity contribution in [1.82, 2.24) is 0 Å². The van der Waals surface area contributed by atoms with Crippen molar-refractivity contribution >= 4 is 44.9 Å². The second-order valence-corrected chi connectivity index (χ2v) is 6.52. The van der Waals surface area contributed by atoms with Crippen LogP contribution in [0.1, 0.15) is 5.56 Å². The number of hydrogen-bond acceptors (Lipinski definition) is 1. The zero-order valence-electron chi connectivity index (χ0n) is 11.2. The molecule has 0 bridgehead atoms. The van der Waals surface area contributed by atoms with Crippen molar-refractivity contribution in [3.63, 3.8) is 0 Å². The van der Waals surface area contributed by atoms with Crippen LogP contribution in [0.25, 0.3) is 5.57 Å². The highest BCUT2D eigenvalue weighted by atomic mass is 79.9. The van der Waals surface area contributed by atoms with Crippen molar-refractivity contribution in [3.05, 3.63) is 70.1 Å². The minimum absolute atomic E-state index is 0.106. The molecule has 0 nitrogen and oxygen atoms in total. The van der Waals surface area contributed by atoms with Gasteiger partial charge in [-0.25, -0.2) is 0 Å². The molecule has 0 spiro atoms. The highest BCUT2D eigenvalue weighted by molar-refractivity contribution is 9.09. The fraction of sp³-hybridized carbons (Fsp3) is 0.125. The molecule has 0 N–H and O–H groups in total. The molecule has 0 aliphatic carbocycles. The van der Waals surface area contributed by atoms with Crippen LogP contribution in [0.5, 0.6) is 0 Å². The number of thioether (sulfide) groups is 1. The van der Waals surface area contributed by atoms with E-state index in [-0.39, 0.29) is 15.8 Å². The van der Waals surface area contributed by atoms with E-state index in [1.54, 1.807) is 24.3 Å². The SMILES string of the molecule is FC(F)(F)/C(=C(\CBr)Sc1ccccc1)c1ccc(Cl)cc1. The Kier molecular flexibility index (Phi) is 6.01. The Balaban J connectivity index is 2.51. The second-order valence-electron chi connectivity index (χ2n) is 4.35. The summed E-state index contributed by atoms with van der Waals surface area (Å²) in [6.45, 7) is 0. The average Bonchev–Trinajstić information content (AvgIpc) is 2.48. The molecule has 2 rings (SSSR count). The molecule has 0 atom stereocenters. The largest absolute Gasteiger partial charge is 0.417 e. The monoisotopic (exact) mass is 406 g/mol. The molecule has 0 radical (unpaired) electrons. The van der Waals surface area contributed by atoms with Crippen LogP contribution in [-0.2, 0) is 0 Å². The van der Waals surface area contributed by atoms with Crippen LogP contribution in [0, 0.1) is 0 Å². The number of benzene rings is 2. The van der Waals surface area contributed by atoms with Gasteiger partial charge in [-0.1, -0.05) is 69.6 Å². The summed E-state index contributed by atoms with van der Waals surface area (Å²) in [5.74, 6) is 0. The number of alkyl halides is 4. The molecule has 0 unspecified atom stereocenters. The molecule has 6 heteroatoms. The quantitative estimate of drug-likeness (QED) is 0.397. The Morgan fingerprint density at radius 3 is 2.09 bits per heavy atom. The third-order valence-corrected chi connectivity index (χ3v) is 5.09. The van der Waals surface area contributed by atoms with E-state index in [0.717, 1.165) is 16.7 Å². The van der Waals surface area contributed by atoms with E-state index < -0.39 is 11.7 Å². The van der Waals surface area contributed by atoms with Crippen LogP contribution in [-0.4, -0.2) is 11.5 Å². The van der Waals surface area contributed by atoms with Crippen molar-refractivity contribution < 1.29 is 13.2 Å². The number of hydrogen-bond donors (Lipinski definition) is 0. The molecular weight excluding hydrogens is 397 g/mol. The van der Waals surface area contributed by atoms with E-state index in [1.807, 2.05) is 6.07 Å². The summed E-state index contributed by atoms with van der Waals surface area (Å²) < 4.78 is 40.6. The molecule has 0 aromatic heterocycles. The van der Waals surface area contributed by atoms with Gasteiger partial charge in [-0.3, -0.25) is 0 Å². The average molecular weight is 408 g/mol. The van der Waals surface area contributed by atoms with Crippen LogP contribution >= 0.6 is 39.3 Å². The van der Waals surface area contributed by atoms with Gasteiger partial charge in [-0.15, -0.1) is 0 Å². The summed E-state index contributed by atoms with van der Waals surface area (Å²) in [7, 11) is 0. The van der Waals surface area contributed by atoms with Crippen molar-refractivity contribution in [2.24, 2.45) is 0 Å². The van der Waals surface area contributed by atoms with E-state index in [9.17, 15) is 13.2 Å². The zero-order chi connectivity index (χ0) is 16.2. The molecule has 0 aliphatic heterocycles. The summed E-state index contributed by atoms with van der Waals surface area (Å²) in [6.07, 6.45) is -4.45. The number of halogens is 5. The van der Waals surface area contributed by atoms with Crippen molar-refractivity contribution in [2.45, 2.75) is 11.1 Å². The molecule has 0 fully saturated rings. The van der Waals surface area contributed by atoms with Gasteiger partial charge in [0.1, 0.15) is 0 Å². The van der Waals surface area contributed by atoms with E-state index in [2.05, 4.69) is 15.9 Å². The van der Waals surface area contributed by atoms with Crippen LogP contribution in [0.2, 0.25) is 5.02 Å². The third kappa shape index (κ3) is 4.54. The zero-order valence-corrected chi connectivity index (χ0v) is 14.4.